The zero-order valence-electron chi connectivity index (χ0n) is 7.53. The van der Waals surface area contributed by atoms with E-state index < -0.39 is 8.15 Å². The number of hydrogen-bond acceptors (Lipinski definition) is 1. The van der Waals surface area contributed by atoms with Crippen molar-refractivity contribution < 1.29 is 24.4 Å². The third kappa shape index (κ3) is 31.6. The standard InChI is InChI=1S/C6H6.C2H7OP.2HI.Ru/c1-2-4-6-5-3-1;1-4(2)3;;;/h1-6H;3H,1-2H3;2*1H;. The van der Waals surface area contributed by atoms with Crippen LogP contribution in [0.5, 0.6) is 0 Å². The van der Waals surface area contributed by atoms with E-state index in [2.05, 4.69) is 0 Å². The van der Waals surface area contributed by atoms with Gasteiger partial charge < -0.3 is 4.89 Å². The normalized spacial score (nSPS) is 6.46. The first-order chi connectivity index (χ1) is 4.73. The molecule has 0 fully saturated rings. The van der Waals surface area contributed by atoms with E-state index in [0.29, 0.717) is 0 Å². The average Bonchev–Trinajstić information content (AvgIpc) is 1.90. The fraction of sp³-hybridized carbons (Fsp3) is 0.250. The number of halogens is 2. The van der Waals surface area contributed by atoms with Gasteiger partial charge in [-0.3, -0.25) is 0 Å². The maximum absolute atomic E-state index is 8.12. The quantitative estimate of drug-likeness (QED) is 0.320. The van der Waals surface area contributed by atoms with Crippen molar-refractivity contribution in [3.8, 4) is 0 Å². The minimum Gasteiger partial charge on any atom is -0.374 e. The van der Waals surface area contributed by atoms with Crippen LogP contribution in [-0.2, 0) is 19.5 Å². The number of benzene rings is 1. The summed E-state index contributed by atoms with van der Waals surface area (Å²) in [5, 5.41) is 0. The molecule has 0 aliphatic carbocycles. The second-order valence-corrected chi connectivity index (χ2v) is 3.70. The van der Waals surface area contributed by atoms with Crippen LogP contribution in [-0.4, -0.2) is 18.2 Å². The predicted octanol–water partition coefficient (Wildman–Crippen LogP) is 3.56. The molecule has 0 bridgehead atoms. The third-order valence-corrected chi connectivity index (χ3v) is 0.667. The summed E-state index contributed by atoms with van der Waals surface area (Å²) in [6.07, 6.45) is 0. The van der Waals surface area contributed by atoms with Gasteiger partial charge >= 0.3 is 0 Å². The smallest absolute Gasteiger partial charge is 0.0187 e. The summed E-state index contributed by atoms with van der Waals surface area (Å²) < 4.78 is 0. The first-order valence-electron chi connectivity index (χ1n) is 3.09. The average molecular weight is 513 g/mol. The van der Waals surface area contributed by atoms with Crippen molar-refractivity contribution in [1.29, 1.82) is 0 Å². The summed E-state index contributed by atoms with van der Waals surface area (Å²) in [4.78, 5) is 8.12. The monoisotopic (exact) mass is 514 g/mol. The van der Waals surface area contributed by atoms with Crippen molar-refractivity contribution in [1.82, 2.24) is 0 Å². The van der Waals surface area contributed by atoms with Crippen LogP contribution in [0.15, 0.2) is 36.4 Å². The Kier molecular flexibility index (Phi) is 35.8. The zero-order chi connectivity index (χ0) is 7.82. The van der Waals surface area contributed by atoms with Gasteiger partial charge in [-0.05, 0) is 13.3 Å². The molecule has 0 aliphatic heterocycles. The van der Waals surface area contributed by atoms with Crippen molar-refractivity contribution in [3.63, 3.8) is 0 Å². The number of rotatable bonds is 0. The Balaban J connectivity index is -0.0000000536. The zero-order valence-corrected chi connectivity index (χ0v) is 14.8. The Labute approximate surface area is 129 Å². The van der Waals surface area contributed by atoms with Gasteiger partial charge in [0.1, 0.15) is 0 Å². The number of hydrogen-bond donors (Lipinski definition) is 1. The van der Waals surface area contributed by atoms with Crippen LogP contribution in [0.1, 0.15) is 0 Å². The van der Waals surface area contributed by atoms with Crippen molar-refractivity contribution in [3.05, 3.63) is 36.4 Å². The van der Waals surface area contributed by atoms with E-state index in [1.54, 1.807) is 13.3 Å². The molecule has 0 radical (unpaired) electrons. The summed E-state index contributed by atoms with van der Waals surface area (Å²) in [6, 6.07) is 12.0. The molecule has 0 spiro atoms. The van der Waals surface area contributed by atoms with Crippen LogP contribution in [0.25, 0.3) is 0 Å². The Morgan fingerprint density at radius 1 is 0.769 bits per heavy atom. The van der Waals surface area contributed by atoms with Gasteiger partial charge in [0.25, 0.3) is 0 Å². The molecule has 0 amide bonds. The topological polar surface area (TPSA) is 20.2 Å². The molecule has 1 aromatic carbocycles. The minimum absolute atomic E-state index is 0. The predicted molar refractivity (Wildman–Crippen MR) is 78.3 cm³/mol. The summed E-state index contributed by atoms with van der Waals surface area (Å²) >= 11 is 0. The SMILES string of the molecule is CP(C)O.I.I.[Ru].c1ccccc1. The molecule has 80 valence electrons. The van der Waals surface area contributed by atoms with Gasteiger partial charge in [0, 0.05) is 27.6 Å². The van der Waals surface area contributed by atoms with Gasteiger partial charge in [-0.25, -0.2) is 0 Å². The Morgan fingerprint density at radius 3 is 0.923 bits per heavy atom. The molecular formula is C8H15I2OPRu. The van der Waals surface area contributed by atoms with Crippen molar-refractivity contribution >= 4 is 56.1 Å². The molecule has 5 heteroatoms. The van der Waals surface area contributed by atoms with E-state index in [1.165, 1.54) is 0 Å². The molecule has 0 atom stereocenters. The van der Waals surface area contributed by atoms with Gasteiger partial charge in [0.2, 0.25) is 0 Å². The van der Waals surface area contributed by atoms with Gasteiger partial charge in [0.15, 0.2) is 0 Å². The Bertz CT molecular complexity index is 123. The molecule has 0 aliphatic rings. The van der Waals surface area contributed by atoms with E-state index in [4.69, 9.17) is 4.89 Å². The van der Waals surface area contributed by atoms with E-state index >= 15 is 0 Å². The van der Waals surface area contributed by atoms with Crippen LogP contribution in [0.4, 0.5) is 0 Å². The molecular weight excluding hydrogens is 498 g/mol. The van der Waals surface area contributed by atoms with Crippen LogP contribution in [0, 0.1) is 0 Å². The first-order valence-corrected chi connectivity index (χ1v) is 5.28. The summed E-state index contributed by atoms with van der Waals surface area (Å²) in [5.74, 6) is 0. The van der Waals surface area contributed by atoms with E-state index in [0.717, 1.165) is 0 Å². The molecule has 1 nitrogen and oxygen atoms in total. The minimum atomic E-state index is -0.620. The summed E-state index contributed by atoms with van der Waals surface area (Å²) in [5.41, 5.74) is 0. The molecule has 1 N–H and O–H groups in total. The molecule has 0 unspecified atom stereocenters. The van der Waals surface area contributed by atoms with E-state index in [9.17, 15) is 0 Å². The van der Waals surface area contributed by atoms with Crippen molar-refractivity contribution in [2.45, 2.75) is 0 Å². The van der Waals surface area contributed by atoms with Gasteiger partial charge in [-0.1, -0.05) is 36.4 Å². The van der Waals surface area contributed by atoms with Crippen LogP contribution in [0.3, 0.4) is 0 Å². The van der Waals surface area contributed by atoms with Crippen molar-refractivity contribution in [2.75, 3.05) is 13.3 Å². The Hall–Kier alpha value is 1.69. The van der Waals surface area contributed by atoms with Gasteiger partial charge in [-0.15, -0.1) is 48.0 Å². The fourth-order valence-corrected chi connectivity index (χ4v) is 0.385. The Morgan fingerprint density at radius 2 is 0.846 bits per heavy atom. The van der Waals surface area contributed by atoms with Crippen LogP contribution >= 0.6 is 56.1 Å². The third-order valence-electron chi connectivity index (χ3n) is 0.667. The molecule has 0 heterocycles. The van der Waals surface area contributed by atoms with Crippen LogP contribution < -0.4 is 0 Å². The second kappa shape index (κ2) is 19.3. The van der Waals surface area contributed by atoms with E-state index in [1.807, 2.05) is 36.4 Å². The first kappa shape index (κ1) is 24.1. The molecule has 13 heavy (non-hydrogen) atoms. The molecule has 0 saturated carbocycles. The maximum Gasteiger partial charge on any atom is 0.0187 e. The maximum atomic E-state index is 8.12. The molecule has 1 aromatic rings. The molecule has 1 rings (SSSR count). The molecule has 0 aromatic heterocycles. The fourth-order valence-electron chi connectivity index (χ4n) is 0.385. The largest absolute Gasteiger partial charge is 0.374 e. The van der Waals surface area contributed by atoms with Gasteiger partial charge in [-0.2, -0.15) is 0 Å². The second-order valence-electron chi connectivity index (χ2n) is 2.00. The van der Waals surface area contributed by atoms with Crippen LogP contribution in [0.2, 0.25) is 0 Å². The molecule has 0 saturated heterocycles. The summed E-state index contributed by atoms with van der Waals surface area (Å²) in [6.45, 7) is 3.57. The van der Waals surface area contributed by atoms with Gasteiger partial charge in [0.05, 0.1) is 0 Å². The van der Waals surface area contributed by atoms with E-state index in [-0.39, 0.29) is 67.4 Å². The van der Waals surface area contributed by atoms with Crippen molar-refractivity contribution in [2.24, 2.45) is 0 Å². The summed E-state index contributed by atoms with van der Waals surface area (Å²) in [7, 11) is -0.620.